The van der Waals surface area contributed by atoms with Crippen molar-refractivity contribution in [3.63, 3.8) is 0 Å². The van der Waals surface area contributed by atoms with E-state index in [1.165, 1.54) is 6.07 Å². The third-order valence-corrected chi connectivity index (χ3v) is 3.96. The molecule has 1 aromatic carbocycles. The van der Waals surface area contributed by atoms with Gasteiger partial charge in [0.2, 0.25) is 0 Å². The third kappa shape index (κ3) is 2.68. The molecule has 0 spiro atoms. The molecule has 1 N–H and O–H groups in total. The molecule has 104 valence electrons. The number of hydrogen-bond donors (Lipinski definition) is 1. The Bertz CT molecular complexity index is 441. The van der Waals surface area contributed by atoms with E-state index >= 15 is 0 Å². The van der Waals surface area contributed by atoms with Crippen LogP contribution in [0.4, 0.5) is 8.78 Å². The van der Waals surface area contributed by atoms with Crippen LogP contribution >= 0.6 is 0 Å². The molecule has 0 atom stereocenters. The Kier molecular flexibility index (Phi) is 4.30. The number of ketones is 1. The van der Waals surface area contributed by atoms with Crippen LogP contribution in [0.15, 0.2) is 18.2 Å². The Morgan fingerprint density at radius 2 is 1.84 bits per heavy atom. The molecule has 0 radical (unpaired) electrons. The zero-order valence-electron chi connectivity index (χ0n) is 11.1. The molecule has 0 unspecified atom stereocenters. The van der Waals surface area contributed by atoms with Crippen molar-refractivity contribution in [3.8, 4) is 0 Å². The SMILES string of the molecule is CCCC1(C(=O)c2c(F)cccc2F)CCNCC1. The van der Waals surface area contributed by atoms with E-state index in [2.05, 4.69) is 5.32 Å². The van der Waals surface area contributed by atoms with Crippen molar-refractivity contribution in [3.05, 3.63) is 35.4 Å². The van der Waals surface area contributed by atoms with E-state index in [0.29, 0.717) is 19.3 Å². The summed E-state index contributed by atoms with van der Waals surface area (Å²) in [7, 11) is 0. The molecule has 1 aromatic rings. The van der Waals surface area contributed by atoms with Crippen LogP contribution in [0.25, 0.3) is 0 Å². The maximum absolute atomic E-state index is 13.8. The van der Waals surface area contributed by atoms with Gasteiger partial charge in [-0.1, -0.05) is 19.4 Å². The fourth-order valence-electron chi connectivity index (χ4n) is 2.95. The molecule has 19 heavy (non-hydrogen) atoms. The summed E-state index contributed by atoms with van der Waals surface area (Å²) in [6.07, 6.45) is 2.81. The average Bonchev–Trinajstić information content (AvgIpc) is 2.40. The van der Waals surface area contributed by atoms with Crippen molar-refractivity contribution in [2.45, 2.75) is 32.6 Å². The lowest BCUT2D eigenvalue weighted by atomic mass is 9.70. The Balaban J connectivity index is 2.39. The molecule has 1 aliphatic heterocycles. The van der Waals surface area contributed by atoms with E-state index in [1.807, 2.05) is 6.92 Å². The number of Topliss-reactive ketones (excluding diaryl/α,β-unsaturated/α-hetero) is 1. The van der Waals surface area contributed by atoms with Crippen LogP contribution in [0.3, 0.4) is 0 Å². The second kappa shape index (κ2) is 5.78. The summed E-state index contributed by atoms with van der Waals surface area (Å²) < 4.78 is 27.6. The van der Waals surface area contributed by atoms with Gasteiger partial charge in [0.15, 0.2) is 5.78 Å². The van der Waals surface area contributed by atoms with Crippen molar-refractivity contribution in [2.75, 3.05) is 13.1 Å². The minimum absolute atomic E-state index is 0.363. The van der Waals surface area contributed by atoms with Crippen molar-refractivity contribution >= 4 is 5.78 Å². The predicted molar refractivity (Wildman–Crippen MR) is 70.1 cm³/mol. The first-order valence-electron chi connectivity index (χ1n) is 6.80. The van der Waals surface area contributed by atoms with E-state index in [4.69, 9.17) is 0 Å². The van der Waals surface area contributed by atoms with Gasteiger partial charge in [0.25, 0.3) is 0 Å². The fourth-order valence-corrected chi connectivity index (χ4v) is 2.95. The van der Waals surface area contributed by atoms with Gasteiger partial charge in [0.1, 0.15) is 11.6 Å². The van der Waals surface area contributed by atoms with Gasteiger partial charge in [-0.2, -0.15) is 0 Å². The summed E-state index contributed by atoms with van der Waals surface area (Å²) in [4.78, 5) is 12.6. The van der Waals surface area contributed by atoms with E-state index in [0.717, 1.165) is 31.6 Å². The Hall–Kier alpha value is -1.29. The van der Waals surface area contributed by atoms with Crippen molar-refractivity contribution in [2.24, 2.45) is 5.41 Å². The number of halogens is 2. The quantitative estimate of drug-likeness (QED) is 0.848. The smallest absolute Gasteiger partial charge is 0.175 e. The highest BCUT2D eigenvalue weighted by Gasteiger charge is 2.41. The van der Waals surface area contributed by atoms with Crippen molar-refractivity contribution in [1.82, 2.24) is 5.32 Å². The van der Waals surface area contributed by atoms with Gasteiger partial charge in [-0.05, 0) is 44.5 Å². The number of nitrogens with one attached hydrogen (secondary N) is 1. The number of carbonyl (C=O) groups excluding carboxylic acids is 1. The molecule has 0 amide bonds. The number of rotatable bonds is 4. The molecule has 0 aromatic heterocycles. The summed E-state index contributed by atoms with van der Waals surface area (Å²) >= 11 is 0. The summed E-state index contributed by atoms with van der Waals surface area (Å²) in [5.74, 6) is -1.87. The first-order chi connectivity index (χ1) is 9.10. The van der Waals surface area contributed by atoms with Gasteiger partial charge in [0.05, 0.1) is 5.56 Å². The van der Waals surface area contributed by atoms with Gasteiger partial charge in [0, 0.05) is 5.41 Å². The molecule has 1 aliphatic rings. The highest BCUT2D eigenvalue weighted by molar-refractivity contribution is 6.01. The van der Waals surface area contributed by atoms with Gasteiger partial charge < -0.3 is 5.32 Å². The van der Waals surface area contributed by atoms with Gasteiger partial charge in [-0.15, -0.1) is 0 Å². The Morgan fingerprint density at radius 3 is 2.37 bits per heavy atom. The van der Waals surface area contributed by atoms with Crippen LogP contribution in [-0.4, -0.2) is 18.9 Å². The molecular weight excluding hydrogens is 248 g/mol. The van der Waals surface area contributed by atoms with Gasteiger partial charge in [-0.25, -0.2) is 8.78 Å². The molecular formula is C15H19F2NO. The molecule has 0 aliphatic carbocycles. The van der Waals surface area contributed by atoms with E-state index < -0.39 is 17.0 Å². The molecule has 1 fully saturated rings. The van der Waals surface area contributed by atoms with Crippen molar-refractivity contribution < 1.29 is 13.6 Å². The molecule has 0 saturated carbocycles. The van der Waals surface area contributed by atoms with Crippen LogP contribution in [0, 0.1) is 17.0 Å². The Labute approximate surface area is 112 Å². The topological polar surface area (TPSA) is 29.1 Å². The van der Waals surface area contributed by atoms with Crippen LogP contribution in [0.2, 0.25) is 0 Å². The van der Waals surface area contributed by atoms with E-state index in [1.54, 1.807) is 0 Å². The van der Waals surface area contributed by atoms with Gasteiger partial charge in [-0.3, -0.25) is 4.79 Å². The fraction of sp³-hybridized carbons (Fsp3) is 0.533. The maximum atomic E-state index is 13.8. The zero-order chi connectivity index (χ0) is 13.9. The molecule has 0 bridgehead atoms. The Morgan fingerprint density at radius 1 is 1.26 bits per heavy atom. The number of carbonyl (C=O) groups is 1. The monoisotopic (exact) mass is 267 g/mol. The average molecular weight is 267 g/mol. The minimum atomic E-state index is -0.751. The largest absolute Gasteiger partial charge is 0.317 e. The van der Waals surface area contributed by atoms with Crippen LogP contribution in [-0.2, 0) is 0 Å². The molecule has 4 heteroatoms. The van der Waals surface area contributed by atoms with Crippen molar-refractivity contribution in [1.29, 1.82) is 0 Å². The summed E-state index contributed by atoms with van der Waals surface area (Å²) in [5, 5.41) is 3.19. The van der Waals surface area contributed by atoms with E-state index in [9.17, 15) is 13.6 Å². The normalized spacial score (nSPS) is 18.3. The van der Waals surface area contributed by atoms with Gasteiger partial charge >= 0.3 is 0 Å². The highest BCUT2D eigenvalue weighted by Crippen LogP contribution is 2.38. The molecule has 2 nitrogen and oxygen atoms in total. The second-order valence-electron chi connectivity index (χ2n) is 5.21. The highest BCUT2D eigenvalue weighted by atomic mass is 19.1. The van der Waals surface area contributed by atoms with Crippen LogP contribution in [0.5, 0.6) is 0 Å². The second-order valence-corrected chi connectivity index (χ2v) is 5.21. The lowest BCUT2D eigenvalue weighted by Gasteiger charge is -2.36. The first-order valence-corrected chi connectivity index (χ1v) is 6.80. The minimum Gasteiger partial charge on any atom is -0.317 e. The number of hydrogen-bond acceptors (Lipinski definition) is 2. The lowest BCUT2D eigenvalue weighted by molar-refractivity contribution is 0.0694. The predicted octanol–water partition coefficient (Wildman–Crippen LogP) is 3.32. The molecule has 2 rings (SSSR count). The van der Waals surface area contributed by atoms with Crippen LogP contribution in [0.1, 0.15) is 43.0 Å². The molecule has 1 heterocycles. The standard InChI is InChI=1S/C15H19F2NO/c1-2-6-15(7-9-18-10-8-15)14(19)13-11(16)4-3-5-12(13)17/h3-5,18H,2,6-10H2,1H3. The third-order valence-electron chi connectivity index (χ3n) is 3.96. The number of piperidine rings is 1. The number of benzene rings is 1. The summed E-state index contributed by atoms with van der Waals surface area (Å²) in [5.41, 5.74) is -0.971. The molecule has 1 saturated heterocycles. The van der Waals surface area contributed by atoms with E-state index in [-0.39, 0.29) is 11.3 Å². The summed E-state index contributed by atoms with van der Waals surface area (Å²) in [6.45, 7) is 3.44. The lowest BCUT2D eigenvalue weighted by Crippen LogP contribution is -2.42. The zero-order valence-corrected chi connectivity index (χ0v) is 11.1. The summed E-state index contributed by atoms with van der Waals surface area (Å²) in [6, 6.07) is 3.59. The van der Waals surface area contributed by atoms with Crippen LogP contribution < -0.4 is 5.32 Å². The maximum Gasteiger partial charge on any atom is 0.175 e. The first kappa shape index (κ1) is 14.1.